The van der Waals surface area contributed by atoms with Crippen LogP contribution in [0.1, 0.15) is 29.8 Å². The molecule has 0 N–H and O–H groups in total. The van der Waals surface area contributed by atoms with Gasteiger partial charge in [-0.3, -0.25) is 4.90 Å². The molecular weight excluding hydrogens is 334 g/mol. The van der Waals surface area contributed by atoms with Crippen molar-refractivity contribution in [2.75, 3.05) is 26.3 Å². The van der Waals surface area contributed by atoms with Crippen molar-refractivity contribution in [3.63, 3.8) is 0 Å². The summed E-state index contributed by atoms with van der Waals surface area (Å²) in [6, 6.07) is 5.78. The molecule has 2 aromatic rings. The summed E-state index contributed by atoms with van der Waals surface area (Å²) in [5.41, 5.74) is 3.18. The number of rotatable bonds is 6. The van der Waals surface area contributed by atoms with E-state index < -0.39 is 0 Å². The number of aryl methyl sites for hydroxylation is 1. The number of ether oxygens (including phenoxy) is 2. The van der Waals surface area contributed by atoms with E-state index in [0.717, 1.165) is 58.0 Å². The van der Waals surface area contributed by atoms with Crippen LogP contribution in [0.2, 0.25) is 0 Å². The van der Waals surface area contributed by atoms with E-state index in [-0.39, 0.29) is 5.60 Å². The molecule has 0 saturated carbocycles. The fourth-order valence-corrected chi connectivity index (χ4v) is 4.74. The molecule has 0 aromatic carbocycles. The molecule has 0 unspecified atom stereocenters. The number of likely N-dealkylation sites (tertiary alicyclic amines) is 1. The normalized spacial score (nSPS) is 22.7. The van der Waals surface area contributed by atoms with Crippen LogP contribution >= 0.6 is 11.3 Å². The highest BCUT2D eigenvalue weighted by molar-refractivity contribution is 7.09. The summed E-state index contributed by atoms with van der Waals surface area (Å²) in [6.45, 7) is 6.80. The topological polar surface area (TPSA) is 47.5 Å². The number of hydrogen-bond acceptors (Lipinski definition) is 6. The Hall–Kier alpha value is -1.50. The van der Waals surface area contributed by atoms with Crippen LogP contribution < -0.4 is 4.74 Å². The Kier molecular flexibility index (Phi) is 5.01. The monoisotopic (exact) mass is 359 g/mol. The van der Waals surface area contributed by atoms with E-state index in [1.165, 1.54) is 10.6 Å². The lowest BCUT2D eigenvalue weighted by Crippen LogP contribution is -2.64. The smallest absolute Gasteiger partial charge is 0.213 e. The SMILES string of the molecule is Cc1ncsc1CN1CC2(C[C@@H](CCOc3ccccn3)CCO2)C1. The number of thiazole rings is 1. The second kappa shape index (κ2) is 7.40. The third-order valence-corrected chi connectivity index (χ3v) is 6.16. The summed E-state index contributed by atoms with van der Waals surface area (Å²) < 4.78 is 11.9. The first-order valence-electron chi connectivity index (χ1n) is 9.02. The minimum Gasteiger partial charge on any atom is -0.478 e. The molecule has 0 aliphatic carbocycles. The molecule has 4 rings (SSSR count). The van der Waals surface area contributed by atoms with E-state index in [2.05, 4.69) is 21.8 Å². The van der Waals surface area contributed by atoms with Gasteiger partial charge in [0, 0.05) is 43.4 Å². The second-order valence-electron chi connectivity index (χ2n) is 7.20. The molecule has 134 valence electrons. The van der Waals surface area contributed by atoms with Crippen molar-refractivity contribution in [2.45, 2.75) is 38.3 Å². The van der Waals surface area contributed by atoms with Crippen molar-refractivity contribution in [1.29, 1.82) is 0 Å². The number of pyridine rings is 1. The van der Waals surface area contributed by atoms with Crippen molar-refractivity contribution < 1.29 is 9.47 Å². The summed E-state index contributed by atoms with van der Waals surface area (Å²) in [4.78, 5) is 12.4. The zero-order valence-electron chi connectivity index (χ0n) is 14.7. The van der Waals surface area contributed by atoms with E-state index in [0.29, 0.717) is 5.92 Å². The summed E-state index contributed by atoms with van der Waals surface area (Å²) in [5, 5.41) is 0. The van der Waals surface area contributed by atoms with Gasteiger partial charge in [0.05, 0.1) is 23.4 Å². The summed E-state index contributed by atoms with van der Waals surface area (Å²) >= 11 is 1.76. The molecule has 0 radical (unpaired) electrons. The van der Waals surface area contributed by atoms with Crippen LogP contribution in [0.3, 0.4) is 0 Å². The molecular formula is C19H25N3O2S. The van der Waals surface area contributed by atoms with Crippen LogP contribution in [-0.2, 0) is 11.3 Å². The number of aromatic nitrogens is 2. The van der Waals surface area contributed by atoms with Crippen molar-refractivity contribution in [2.24, 2.45) is 5.92 Å². The Morgan fingerprint density at radius 2 is 2.28 bits per heavy atom. The highest BCUT2D eigenvalue weighted by atomic mass is 32.1. The summed E-state index contributed by atoms with van der Waals surface area (Å²) in [7, 11) is 0. The first-order valence-corrected chi connectivity index (χ1v) is 9.90. The molecule has 1 atom stereocenters. The molecule has 0 bridgehead atoms. The highest BCUT2D eigenvalue weighted by Crippen LogP contribution is 2.39. The molecule has 0 amide bonds. The van der Waals surface area contributed by atoms with E-state index >= 15 is 0 Å². The van der Waals surface area contributed by atoms with Gasteiger partial charge in [-0.1, -0.05) is 6.07 Å². The van der Waals surface area contributed by atoms with E-state index in [1.807, 2.05) is 23.7 Å². The lowest BCUT2D eigenvalue weighted by atomic mass is 9.79. The van der Waals surface area contributed by atoms with Gasteiger partial charge in [-0.15, -0.1) is 11.3 Å². The largest absolute Gasteiger partial charge is 0.478 e. The Morgan fingerprint density at radius 3 is 3.04 bits per heavy atom. The van der Waals surface area contributed by atoms with Crippen LogP contribution in [-0.4, -0.2) is 46.8 Å². The Bertz CT molecular complexity index is 685. The molecule has 2 aliphatic heterocycles. The zero-order chi connectivity index (χ0) is 17.1. The average molecular weight is 359 g/mol. The average Bonchev–Trinajstić information content (AvgIpc) is 3.00. The lowest BCUT2D eigenvalue weighted by molar-refractivity contribution is -0.181. The number of nitrogens with zero attached hydrogens (tertiary/aromatic N) is 3. The van der Waals surface area contributed by atoms with Crippen molar-refractivity contribution in [3.8, 4) is 5.88 Å². The van der Waals surface area contributed by atoms with Gasteiger partial charge in [0.25, 0.3) is 0 Å². The second-order valence-corrected chi connectivity index (χ2v) is 8.14. The van der Waals surface area contributed by atoms with Crippen molar-refractivity contribution >= 4 is 11.3 Å². The first kappa shape index (κ1) is 16.9. The van der Waals surface area contributed by atoms with Gasteiger partial charge in [-0.25, -0.2) is 9.97 Å². The third-order valence-electron chi connectivity index (χ3n) is 5.24. The summed E-state index contributed by atoms with van der Waals surface area (Å²) in [6.07, 6.45) is 5.14. The molecule has 5 nitrogen and oxygen atoms in total. The fraction of sp³-hybridized carbons (Fsp3) is 0.579. The minimum absolute atomic E-state index is 0.0759. The molecule has 25 heavy (non-hydrogen) atoms. The van der Waals surface area contributed by atoms with Crippen LogP contribution in [0.25, 0.3) is 0 Å². The van der Waals surface area contributed by atoms with Crippen molar-refractivity contribution in [1.82, 2.24) is 14.9 Å². The van der Waals surface area contributed by atoms with Gasteiger partial charge in [-0.05, 0) is 38.2 Å². The highest BCUT2D eigenvalue weighted by Gasteiger charge is 2.47. The van der Waals surface area contributed by atoms with E-state index in [9.17, 15) is 0 Å². The maximum absolute atomic E-state index is 6.17. The predicted octanol–water partition coefficient (Wildman–Crippen LogP) is 3.30. The zero-order valence-corrected chi connectivity index (χ0v) is 15.5. The minimum atomic E-state index is 0.0759. The fourth-order valence-electron chi connectivity index (χ4n) is 3.92. The van der Waals surface area contributed by atoms with Gasteiger partial charge >= 0.3 is 0 Å². The maximum atomic E-state index is 6.17. The van der Waals surface area contributed by atoms with Gasteiger partial charge < -0.3 is 9.47 Å². The molecule has 2 aromatic heterocycles. The maximum Gasteiger partial charge on any atom is 0.213 e. The molecule has 1 spiro atoms. The molecule has 2 saturated heterocycles. The lowest BCUT2D eigenvalue weighted by Gasteiger charge is -2.53. The van der Waals surface area contributed by atoms with Gasteiger partial charge in [0.15, 0.2) is 0 Å². The van der Waals surface area contributed by atoms with Crippen LogP contribution in [0, 0.1) is 12.8 Å². The van der Waals surface area contributed by atoms with Gasteiger partial charge in [0.1, 0.15) is 0 Å². The van der Waals surface area contributed by atoms with Crippen LogP contribution in [0.15, 0.2) is 29.9 Å². The molecule has 6 heteroatoms. The standard InChI is InChI=1S/C19H25N3O2S/c1-15-17(25-14-21-15)11-22-12-19(13-22)10-16(6-9-24-19)5-8-23-18-4-2-3-7-20-18/h2-4,7,14,16H,5-6,8-13H2,1H3/t16-/m0/s1. The molecule has 4 heterocycles. The van der Waals surface area contributed by atoms with Crippen LogP contribution in [0.5, 0.6) is 5.88 Å². The first-order chi connectivity index (χ1) is 12.2. The molecule has 2 fully saturated rings. The van der Waals surface area contributed by atoms with E-state index in [1.54, 1.807) is 17.5 Å². The predicted molar refractivity (Wildman–Crippen MR) is 97.9 cm³/mol. The van der Waals surface area contributed by atoms with Crippen molar-refractivity contribution in [3.05, 3.63) is 40.5 Å². The summed E-state index contributed by atoms with van der Waals surface area (Å²) in [5.74, 6) is 1.41. The number of hydrogen-bond donors (Lipinski definition) is 0. The molecule has 2 aliphatic rings. The van der Waals surface area contributed by atoms with Gasteiger partial charge in [0.2, 0.25) is 5.88 Å². The Balaban J connectivity index is 1.23. The third kappa shape index (κ3) is 4.02. The Morgan fingerprint density at radius 1 is 1.36 bits per heavy atom. The van der Waals surface area contributed by atoms with Crippen LogP contribution in [0.4, 0.5) is 0 Å². The Labute approximate surface area is 153 Å². The quantitative estimate of drug-likeness (QED) is 0.792. The van der Waals surface area contributed by atoms with Gasteiger partial charge in [-0.2, -0.15) is 0 Å². The van der Waals surface area contributed by atoms with E-state index in [4.69, 9.17) is 9.47 Å².